The smallest absolute Gasteiger partial charge is 0.268 e. The van der Waals surface area contributed by atoms with E-state index in [0.29, 0.717) is 11.4 Å². The molecule has 4 N–H and O–H groups in total. The van der Waals surface area contributed by atoms with Crippen LogP contribution < -0.4 is 21.3 Å². The second-order valence-corrected chi connectivity index (χ2v) is 4.67. The molecular weight excluding hydrogens is 282 g/mol. The highest BCUT2D eigenvalue weighted by Crippen LogP contribution is 2.17. The average Bonchev–Trinajstić information content (AvgIpc) is 2.54. The summed E-state index contributed by atoms with van der Waals surface area (Å²) in [5.41, 5.74) is 4.10. The number of hydrogen-bond acceptors (Lipinski definition) is 4. The van der Waals surface area contributed by atoms with Gasteiger partial charge in [0.15, 0.2) is 6.61 Å². The number of hydrazine groups is 1. The van der Waals surface area contributed by atoms with E-state index >= 15 is 0 Å². The number of nitrogen functional groups attached to an aromatic ring is 1. The Morgan fingerprint density at radius 2 is 1.77 bits per heavy atom. The van der Waals surface area contributed by atoms with E-state index in [0.717, 1.165) is 5.56 Å². The topological polar surface area (TPSA) is 93.4 Å². The number of benzene rings is 2. The first kappa shape index (κ1) is 15.5. The summed E-state index contributed by atoms with van der Waals surface area (Å²) >= 11 is 0. The first-order valence-corrected chi connectivity index (χ1v) is 6.69. The molecule has 0 saturated carbocycles. The predicted octanol–water partition coefficient (Wildman–Crippen LogP) is 1.62. The lowest BCUT2D eigenvalue weighted by molar-refractivity contribution is -0.118. The van der Waals surface area contributed by atoms with Crippen molar-refractivity contribution in [1.82, 2.24) is 5.43 Å². The van der Waals surface area contributed by atoms with Crippen molar-refractivity contribution in [3.05, 3.63) is 59.7 Å². The van der Waals surface area contributed by atoms with Gasteiger partial charge < -0.3 is 10.1 Å². The molecule has 0 aliphatic heterocycles. The van der Waals surface area contributed by atoms with Crippen molar-refractivity contribution >= 4 is 17.5 Å². The van der Waals surface area contributed by atoms with E-state index in [1.165, 1.54) is 0 Å². The standard InChI is InChI=1S/C16H17N3O3/c1-11-6-8-12(9-7-11)18-15(20)10-22-14-5-3-2-4-13(14)16(21)19-17/h2-9H,10,17H2,1H3,(H,18,20)(H,19,21). The van der Waals surface area contributed by atoms with Gasteiger partial charge in [-0.1, -0.05) is 29.8 Å². The molecule has 2 amide bonds. The van der Waals surface area contributed by atoms with Gasteiger partial charge in [0, 0.05) is 5.69 Å². The zero-order valence-electron chi connectivity index (χ0n) is 12.1. The Morgan fingerprint density at radius 3 is 2.45 bits per heavy atom. The summed E-state index contributed by atoms with van der Waals surface area (Å²) < 4.78 is 5.39. The number of carbonyl (C=O) groups is 2. The van der Waals surface area contributed by atoms with Crippen LogP contribution in [0.2, 0.25) is 0 Å². The molecule has 0 aliphatic carbocycles. The summed E-state index contributed by atoms with van der Waals surface area (Å²) in [5.74, 6) is 4.61. The van der Waals surface area contributed by atoms with Crippen LogP contribution in [0.1, 0.15) is 15.9 Å². The number of nitrogens with one attached hydrogen (secondary N) is 2. The molecule has 0 atom stereocenters. The molecular formula is C16H17N3O3. The van der Waals surface area contributed by atoms with Crippen LogP contribution in [0.4, 0.5) is 5.69 Å². The Bertz CT molecular complexity index is 669. The molecule has 114 valence electrons. The molecule has 0 saturated heterocycles. The van der Waals surface area contributed by atoms with Gasteiger partial charge in [-0.3, -0.25) is 15.0 Å². The van der Waals surface area contributed by atoms with Gasteiger partial charge in [0.25, 0.3) is 11.8 Å². The van der Waals surface area contributed by atoms with Crippen molar-refractivity contribution < 1.29 is 14.3 Å². The highest BCUT2D eigenvalue weighted by atomic mass is 16.5. The Hall–Kier alpha value is -2.86. The first-order valence-electron chi connectivity index (χ1n) is 6.69. The van der Waals surface area contributed by atoms with E-state index in [-0.39, 0.29) is 18.1 Å². The maximum absolute atomic E-state index is 11.9. The SMILES string of the molecule is Cc1ccc(NC(=O)COc2ccccc2C(=O)NN)cc1. The first-order chi connectivity index (χ1) is 10.6. The highest BCUT2D eigenvalue weighted by Gasteiger charge is 2.12. The second-order valence-electron chi connectivity index (χ2n) is 4.67. The van der Waals surface area contributed by atoms with Crippen LogP contribution in [0.5, 0.6) is 5.75 Å². The molecule has 2 aromatic rings. The maximum Gasteiger partial charge on any atom is 0.268 e. The van der Waals surface area contributed by atoms with Crippen LogP contribution in [-0.2, 0) is 4.79 Å². The number of aryl methyl sites for hydroxylation is 1. The van der Waals surface area contributed by atoms with E-state index in [1.807, 2.05) is 36.6 Å². The molecule has 0 spiro atoms. The van der Waals surface area contributed by atoms with Crippen molar-refractivity contribution in [3.8, 4) is 5.75 Å². The van der Waals surface area contributed by atoms with Gasteiger partial charge in [-0.25, -0.2) is 5.84 Å². The van der Waals surface area contributed by atoms with Gasteiger partial charge in [-0.15, -0.1) is 0 Å². The Labute approximate surface area is 128 Å². The van der Waals surface area contributed by atoms with Gasteiger partial charge >= 0.3 is 0 Å². The van der Waals surface area contributed by atoms with Crippen LogP contribution in [0.25, 0.3) is 0 Å². The molecule has 0 heterocycles. The van der Waals surface area contributed by atoms with Gasteiger partial charge in [0.05, 0.1) is 5.56 Å². The van der Waals surface area contributed by atoms with E-state index < -0.39 is 5.91 Å². The molecule has 6 heteroatoms. The molecule has 6 nitrogen and oxygen atoms in total. The summed E-state index contributed by atoms with van der Waals surface area (Å²) in [6.45, 7) is 1.76. The third kappa shape index (κ3) is 4.07. The normalized spacial score (nSPS) is 9.91. The van der Waals surface area contributed by atoms with Gasteiger partial charge in [-0.2, -0.15) is 0 Å². The van der Waals surface area contributed by atoms with Crippen molar-refractivity contribution in [1.29, 1.82) is 0 Å². The predicted molar refractivity (Wildman–Crippen MR) is 83.4 cm³/mol. The number of anilines is 1. The number of ether oxygens (including phenoxy) is 1. The lowest BCUT2D eigenvalue weighted by atomic mass is 10.2. The molecule has 0 aromatic heterocycles. The number of rotatable bonds is 5. The van der Waals surface area contributed by atoms with Crippen LogP contribution in [0.15, 0.2) is 48.5 Å². The molecule has 2 aromatic carbocycles. The minimum absolute atomic E-state index is 0.206. The van der Waals surface area contributed by atoms with Gasteiger partial charge in [0.2, 0.25) is 0 Å². The zero-order chi connectivity index (χ0) is 15.9. The minimum Gasteiger partial charge on any atom is -0.483 e. The molecule has 2 rings (SSSR count). The van der Waals surface area contributed by atoms with Crippen molar-refractivity contribution in [3.63, 3.8) is 0 Å². The van der Waals surface area contributed by atoms with E-state index in [9.17, 15) is 9.59 Å². The highest BCUT2D eigenvalue weighted by molar-refractivity contribution is 5.97. The average molecular weight is 299 g/mol. The Balaban J connectivity index is 1.96. The summed E-state index contributed by atoms with van der Waals surface area (Å²) in [7, 11) is 0. The van der Waals surface area contributed by atoms with Crippen molar-refractivity contribution in [2.24, 2.45) is 5.84 Å². The number of para-hydroxylation sites is 1. The van der Waals surface area contributed by atoms with Crippen LogP contribution in [-0.4, -0.2) is 18.4 Å². The Morgan fingerprint density at radius 1 is 1.09 bits per heavy atom. The maximum atomic E-state index is 11.9. The van der Waals surface area contributed by atoms with Crippen molar-refractivity contribution in [2.45, 2.75) is 6.92 Å². The van der Waals surface area contributed by atoms with Crippen LogP contribution in [0.3, 0.4) is 0 Å². The number of amides is 2. The molecule has 0 aliphatic rings. The largest absolute Gasteiger partial charge is 0.483 e. The monoisotopic (exact) mass is 299 g/mol. The fraction of sp³-hybridized carbons (Fsp3) is 0.125. The van der Waals surface area contributed by atoms with E-state index in [1.54, 1.807) is 24.3 Å². The van der Waals surface area contributed by atoms with E-state index in [2.05, 4.69) is 5.32 Å². The van der Waals surface area contributed by atoms with Gasteiger partial charge in [-0.05, 0) is 31.2 Å². The molecule has 0 radical (unpaired) electrons. The van der Waals surface area contributed by atoms with Gasteiger partial charge in [0.1, 0.15) is 5.75 Å². The molecule has 0 bridgehead atoms. The number of carbonyl (C=O) groups excluding carboxylic acids is 2. The summed E-state index contributed by atoms with van der Waals surface area (Å²) in [4.78, 5) is 23.4. The zero-order valence-corrected chi connectivity index (χ0v) is 12.1. The fourth-order valence-electron chi connectivity index (χ4n) is 1.84. The van der Waals surface area contributed by atoms with Crippen LogP contribution in [0, 0.1) is 6.92 Å². The summed E-state index contributed by atoms with van der Waals surface area (Å²) in [5, 5.41) is 2.71. The molecule has 0 fully saturated rings. The third-order valence-electron chi connectivity index (χ3n) is 2.96. The minimum atomic E-state index is -0.477. The quantitative estimate of drug-likeness (QED) is 0.444. The number of hydrogen-bond donors (Lipinski definition) is 3. The summed E-state index contributed by atoms with van der Waals surface area (Å²) in [6.07, 6.45) is 0. The van der Waals surface area contributed by atoms with E-state index in [4.69, 9.17) is 10.6 Å². The third-order valence-corrected chi connectivity index (χ3v) is 2.96. The second kappa shape index (κ2) is 7.24. The van der Waals surface area contributed by atoms with Crippen molar-refractivity contribution in [2.75, 3.05) is 11.9 Å². The molecule has 0 unspecified atom stereocenters. The van der Waals surface area contributed by atoms with Crippen LogP contribution >= 0.6 is 0 Å². The molecule has 22 heavy (non-hydrogen) atoms. The summed E-state index contributed by atoms with van der Waals surface area (Å²) in [6, 6.07) is 14.0. The number of nitrogens with two attached hydrogens (primary N) is 1. The fourth-order valence-corrected chi connectivity index (χ4v) is 1.84. The lowest BCUT2D eigenvalue weighted by Gasteiger charge is -2.10. The Kier molecular flexibility index (Phi) is 5.11. The lowest BCUT2D eigenvalue weighted by Crippen LogP contribution is -2.30.